The third-order valence-electron chi connectivity index (χ3n) is 11.4. The number of aliphatic hydroxyl groups is 1. The molecule has 4 aromatic carbocycles. The summed E-state index contributed by atoms with van der Waals surface area (Å²) in [6.07, 6.45) is 4.20. The lowest BCUT2D eigenvalue weighted by Gasteiger charge is -2.43. The minimum Gasteiger partial charge on any atom is -0.392 e. The molecule has 3 N–H and O–H groups in total. The molecule has 4 aromatic rings. The van der Waals surface area contributed by atoms with Crippen molar-refractivity contribution in [2.24, 2.45) is 5.92 Å². The molecule has 6 atom stereocenters. The zero-order valence-corrected chi connectivity index (χ0v) is 32.7. The van der Waals surface area contributed by atoms with E-state index in [0.29, 0.717) is 11.7 Å². The number of hydrogen-bond acceptors (Lipinski definition) is 8. The van der Waals surface area contributed by atoms with Crippen molar-refractivity contribution in [3.05, 3.63) is 131 Å². The molecule has 0 bridgehead atoms. The highest BCUT2D eigenvalue weighted by Gasteiger charge is 2.41. The molecule has 11 heteroatoms. The fourth-order valence-corrected chi connectivity index (χ4v) is 9.32. The van der Waals surface area contributed by atoms with Crippen molar-refractivity contribution in [1.29, 1.82) is 0 Å². The molecular weight excluding hydrogens is 713 g/mol. The van der Waals surface area contributed by atoms with Crippen molar-refractivity contribution in [2.45, 2.75) is 88.0 Å². The molecule has 0 saturated carbocycles. The standard InChI is InChI=1S/C44H54N4O6S/c1-31-12-22-39(23-13-31)55(51,52)46-40(27-33-9-4-3-5-10-33)43(50)45-37-20-18-36(19-21-37)44-53-41(29-48-26-8-11-38(48)28-47-24-6-7-25-47)32(2)42(54-44)35-16-14-34(30-49)15-17-35/h3-5,9-10,12-23,32,38,40-42,44,46,49H,6-8,11,24-30H2,1-2H3,(H,45,50). The SMILES string of the molecule is Cc1ccc(S(=O)(=O)NC(Cc2ccccc2)C(=O)Nc2ccc(C3OC(CN4CCCC4CN4CCCC4)C(C)C(c4ccc(CO)cc4)O3)cc2)cc1. The van der Waals surface area contributed by atoms with Gasteiger partial charge in [-0.05, 0) is 99.6 Å². The minimum atomic E-state index is -3.98. The summed E-state index contributed by atoms with van der Waals surface area (Å²) < 4.78 is 43.0. The number of sulfonamides is 1. The number of hydrogen-bond donors (Lipinski definition) is 3. The predicted octanol–water partition coefficient (Wildman–Crippen LogP) is 6.37. The molecule has 3 saturated heterocycles. The second-order valence-electron chi connectivity index (χ2n) is 15.4. The van der Waals surface area contributed by atoms with E-state index in [1.54, 1.807) is 36.4 Å². The fraction of sp³-hybridized carbons (Fsp3) is 0.432. The summed E-state index contributed by atoms with van der Waals surface area (Å²) in [5.41, 5.74) is 5.01. The Morgan fingerprint density at radius 1 is 0.818 bits per heavy atom. The molecule has 3 aliphatic rings. The minimum absolute atomic E-state index is 0.0163. The summed E-state index contributed by atoms with van der Waals surface area (Å²) in [4.78, 5) is 19.1. The van der Waals surface area contributed by atoms with Gasteiger partial charge in [0, 0.05) is 36.3 Å². The quantitative estimate of drug-likeness (QED) is 0.136. The molecule has 0 spiro atoms. The van der Waals surface area contributed by atoms with Crippen molar-refractivity contribution >= 4 is 21.6 Å². The fourth-order valence-electron chi connectivity index (χ4n) is 8.13. The monoisotopic (exact) mass is 766 g/mol. The van der Waals surface area contributed by atoms with Crippen molar-refractivity contribution < 1.29 is 27.8 Å². The number of anilines is 1. The number of aliphatic hydroxyl groups excluding tert-OH is 1. The van der Waals surface area contributed by atoms with E-state index in [2.05, 4.69) is 26.8 Å². The smallest absolute Gasteiger partial charge is 0.242 e. The summed E-state index contributed by atoms with van der Waals surface area (Å²) in [6.45, 7) is 9.45. The van der Waals surface area contributed by atoms with Gasteiger partial charge in [-0.1, -0.05) is 91.3 Å². The zero-order valence-electron chi connectivity index (χ0n) is 31.8. The first kappa shape index (κ1) is 39.3. The van der Waals surface area contributed by atoms with E-state index < -0.39 is 28.3 Å². The van der Waals surface area contributed by atoms with Gasteiger partial charge in [0.1, 0.15) is 6.04 Å². The molecule has 0 aliphatic carbocycles. The highest BCUT2D eigenvalue weighted by atomic mass is 32.2. The summed E-state index contributed by atoms with van der Waals surface area (Å²) in [5.74, 6) is -0.389. The first-order valence-corrected chi connectivity index (χ1v) is 21.1. The number of aryl methyl sites for hydroxylation is 1. The highest BCUT2D eigenvalue weighted by Crippen LogP contribution is 2.42. The number of likely N-dealkylation sites (tertiary alicyclic amines) is 2. The molecule has 1 amide bonds. The van der Waals surface area contributed by atoms with Gasteiger partial charge in [0.15, 0.2) is 6.29 Å². The number of carbonyl (C=O) groups is 1. The Balaban J connectivity index is 1.08. The third-order valence-corrected chi connectivity index (χ3v) is 12.9. The van der Waals surface area contributed by atoms with Gasteiger partial charge in [-0.2, -0.15) is 4.72 Å². The van der Waals surface area contributed by atoms with Crippen LogP contribution < -0.4 is 10.0 Å². The molecule has 3 aliphatic heterocycles. The topological polar surface area (TPSA) is 120 Å². The number of nitrogens with zero attached hydrogens (tertiary/aromatic N) is 2. The average molecular weight is 767 g/mol. The Morgan fingerprint density at radius 3 is 2.20 bits per heavy atom. The van der Waals surface area contributed by atoms with Gasteiger partial charge in [0.2, 0.25) is 15.9 Å². The number of benzene rings is 4. The number of ether oxygens (including phenoxy) is 2. The normalized spacial score (nSPS) is 24.2. The van der Waals surface area contributed by atoms with E-state index in [1.165, 1.54) is 38.8 Å². The molecule has 7 rings (SSSR count). The van der Waals surface area contributed by atoms with Crippen LogP contribution in [-0.4, -0.2) is 80.1 Å². The van der Waals surface area contributed by atoms with E-state index in [1.807, 2.05) is 73.7 Å². The molecular formula is C44H54N4O6S. The van der Waals surface area contributed by atoms with Crippen molar-refractivity contribution in [3.8, 4) is 0 Å². The van der Waals surface area contributed by atoms with Crippen molar-refractivity contribution in [3.63, 3.8) is 0 Å². The number of rotatable bonds is 14. The summed E-state index contributed by atoms with van der Waals surface area (Å²) in [6, 6.07) is 30.7. The van der Waals surface area contributed by atoms with Crippen LogP contribution in [-0.2, 0) is 37.3 Å². The molecule has 3 heterocycles. The van der Waals surface area contributed by atoms with E-state index in [4.69, 9.17) is 9.47 Å². The molecule has 292 valence electrons. The average Bonchev–Trinajstić information content (AvgIpc) is 3.88. The van der Waals surface area contributed by atoms with Crippen LogP contribution in [0.5, 0.6) is 0 Å². The van der Waals surface area contributed by atoms with Crippen LogP contribution >= 0.6 is 0 Å². The predicted molar refractivity (Wildman–Crippen MR) is 214 cm³/mol. The van der Waals surface area contributed by atoms with Crippen LogP contribution in [0.25, 0.3) is 0 Å². The molecule has 0 radical (unpaired) electrons. The largest absolute Gasteiger partial charge is 0.392 e. The lowest BCUT2D eigenvalue weighted by molar-refractivity contribution is -0.276. The van der Waals surface area contributed by atoms with E-state index in [0.717, 1.165) is 47.5 Å². The maximum absolute atomic E-state index is 13.8. The number of nitrogens with one attached hydrogen (secondary N) is 2. The van der Waals surface area contributed by atoms with E-state index in [-0.39, 0.29) is 36.0 Å². The second kappa shape index (κ2) is 17.9. The van der Waals surface area contributed by atoms with Crippen LogP contribution in [0.1, 0.15) is 72.8 Å². The van der Waals surface area contributed by atoms with E-state index >= 15 is 0 Å². The van der Waals surface area contributed by atoms with Gasteiger partial charge < -0.3 is 24.8 Å². The Morgan fingerprint density at radius 2 is 1.51 bits per heavy atom. The Bertz CT molecular complexity index is 1950. The molecule has 10 nitrogen and oxygen atoms in total. The second-order valence-corrected chi connectivity index (χ2v) is 17.1. The number of carbonyl (C=O) groups excluding carboxylic acids is 1. The van der Waals surface area contributed by atoms with Crippen LogP contribution in [0, 0.1) is 12.8 Å². The van der Waals surface area contributed by atoms with Gasteiger partial charge in [-0.15, -0.1) is 0 Å². The summed E-state index contributed by atoms with van der Waals surface area (Å²) in [5, 5.41) is 12.6. The first-order chi connectivity index (χ1) is 26.6. The third kappa shape index (κ3) is 9.90. The van der Waals surface area contributed by atoms with Gasteiger partial charge in [-0.3, -0.25) is 9.69 Å². The Labute approximate surface area is 325 Å². The lowest BCUT2D eigenvalue weighted by Crippen LogP contribution is -2.48. The Hall–Kier alpha value is -3.94. The maximum Gasteiger partial charge on any atom is 0.242 e. The summed E-state index contributed by atoms with van der Waals surface area (Å²) in [7, 11) is -3.98. The lowest BCUT2D eigenvalue weighted by atomic mass is 9.90. The van der Waals surface area contributed by atoms with Gasteiger partial charge in [0.05, 0.1) is 23.7 Å². The van der Waals surface area contributed by atoms with Gasteiger partial charge in [0.25, 0.3) is 0 Å². The molecule has 55 heavy (non-hydrogen) atoms. The van der Waals surface area contributed by atoms with Crippen LogP contribution in [0.15, 0.2) is 108 Å². The van der Waals surface area contributed by atoms with Crippen LogP contribution in [0.4, 0.5) is 5.69 Å². The maximum atomic E-state index is 13.8. The van der Waals surface area contributed by atoms with Crippen LogP contribution in [0.2, 0.25) is 0 Å². The highest BCUT2D eigenvalue weighted by molar-refractivity contribution is 7.89. The van der Waals surface area contributed by atoms with E-state index in [9.17, 15) is 18.3 Å². The number of amides is 1. The van der Waals surface area contributed by atoms with Gasteiger partial charge in [-0.25, -0.2) is 8.42 Å². The van der Waals surface area contributed by atoms with Crippen molar-refractivity contribution in [1.82, 2.24) is 14.5 Å². The molecule has 3 fully saturated rings. The van der Waals surface area contributed by atoms with Crippen LogP contribution in [0.3, 0.4) is 0 Å². The van der Waals surface area contributed by atoms with Crippen molar-refractivity contribution in [2.75, 3.05) is 38.0 Å². The van der Waals surface area contributed by atoms with Gasteiger partial charge >= 0.3 is 0 Å². The zero-order chi connectivity index (χ0) is 38.4. The molecule has 0 aromatic heterocycles. The molecule has 6 unspecified atom stereocenters. The summed E-state index contributed by atoms with van der Waals surface area (Å²) >= 11 is 0. The Kier molecular flexibility index (Phi) is 12.8. The first-order valence-electron chi connectivity index (χ1n) is 19.7.